The highest BCUT2D eigenvalue weighted by Gasteiger charge is 2.35. The molecule has 0 radical (unpaired) electrons. The predicted molar refractivity (Wildman–Crippen MR) is 82.0 cm³/mol. The first-order valence-electron chi connectivity index (χ1n) is 7.44. The molecular weight excluding hydrogens is 306 g/mol. The van der Waals surface area contributed by atoms with Crippen LogP contribution in [0.2, 0.25) is 0 Å². The summed E-state index contributed by atoms with van der Waals surface area (Å²) in [5.41, 5.74) is 0.937. The fourth-order valence-electron chi connectivity index (χ4n) is 2.60. The number of carbonyl (C=O) groups is 1. The molecule has 0 aliphatic carbocycles. The van der Waals surface area contributed by atoms with Gasteiger partial charge in [-0.1, -0.05) is 0 Å². The quantitative estimate of drug-likeness (QED) is 0.719. The number of hydrogen-bond donors (Lipinski definition) is 0. The highest BCUT2D eigenvalue weighted by molar-refractivity contribution is 7.91. The van der Waals surface area contributed by atoms with E-state index in [2.05, 4.69) is 5.10 Å². The second kappa shape index (κ2) is 7.23. The van der Waals surface area contributed by atoms with Gasteiger partial charge in [-0.25, -0.2) is 8.42 Å². The van der Waals surface area contributed by atoms with Gasteiger partial charge in [-0.3, -0.25) is 9.48 Å². The molecule has 1 aromatic heterocycles. The molecule has 0 N–H and O–H groups in total. The Morgan fingerprint density at radius 2 is 2.32 bits per heavy atom. The second-order valence-corrected chi connectivity index (χ2v) is 7.79. The highest BCUT2D eigenvalue weighted by atomic mass is 32.2. The highest BCUT2D eigenvalue weighted by Crippen LogP contribution is 2.21. The Labute approximate surface area is 131 Å². The van der Waals surface area contributed by atoms with Crippen LogP contribution in [0, 0.1) is 5.92 Å². The van der Waals surface area contributed by atoms with Gasteiger partial charge in [0.25, 0.3) is 0 Å². The topological polar surface area (TPSA) is 81.5 Å². The first-order chi connectivity index (χ1) is 10.4. The molecule has 1 saturated heterocycles. The van der Waals surface area contributed by atoms with E-state index in [1.54, 1.807) is 22.9 Å². The minimum absolute atomic E-state index is 0.0382. The molecule has 8 heteroatoms. The second-order valence-electron chi connectivity index (χ2n) is 5.56. The summed E-state index contributed by atoms with van der Waals surface area (Å²) in [4.78, 5) is 14.3. The summed E-state index contributed by atoms with van der Waals surface area (Å²) in [5.74, 6) is -0.468. The van der Waals surface area contributed by atoms with E-state index in [-0.39, 0.29) is 17.4 Å². The van der Waals surface area contributed by atoms with Gasteiger partial charge in [-0.05, 0) is 13.3 Å². The number of aryl methyl sites for hydroxylation is 1. The molecule has 1 atom stereocenters. The summed E-state index contributed by atoms with van der Waals surface area (Å²) in [6.07, 6.45) is 4.05. The standard InChI is InChI=1S/C14H23N3O4S/c1-3-17-10-12(8-15-17)9-16(5-6-21-2)14(18)13-4-7-22(19,20)11-13/h8,10,13H,3-7,9,11H2,1-2H3/t13-/m0/s1. The Balaban J connectivity index is 2.06. The van der Waals surface area contributed by atoms with Crippen molar-refractivity contribution in [2.45, 2.75) is 26.4 Å². The molecule has 22 heavy (non-hydrogen) atoms. The number of sulfone groups is 1. The van der Waals surface area contributed by atoms with Crippen LogP contribution >= 0.6 is 0 Å². The molecule has 0 saturated carbocycles. The van der Waals surface area contributed by atoms with Crippen LogP contribution < -0.4 is 0 Å². The van der Waals surface area contributed by atoms with Crippen molar-refractivity contribution >= 4 is 15.7 Å². The maximum absolute atomic E-state index is 12.6. The van der Waals surface area contributed by atoms with E-state index in [1.165, 1.54) is 0 Å². The molecule has 2 rings (SSSR count). The van der Waals surface area contributed by atoms with E-state index in [0.29, 0.717) is 26.1 Å². The maximum Gasteiger partial charge on any atom is 0.227 e. The monoisotopic (exact) mass is 329 g/mol. The van der Waals surface area contributed by atoms with Crippen molar-refractivity contribution in [3.05, 3.63) is 18.0 Å². The third-order valence-electron chi connectivity index (χ3n) is 3.84. The average molecular weight is 329 g/mol. The van der Waals surface area contributed by atoms with Gasteiger partial charge in [-0.15, -0.1) is 0 Å². The van der Waals surface area contributed by atoms with Crippen molar-refractivity contribution < 1.29 is 17.9 Å². The molecule has 1 amide bonds. The molecule has 2 heterocycles. The molecule has 1 aromatic rings. The van der Waals surface area contributed by atoms with Crippen LogP contribution in [0.4, 0.5) is 0 Å². The Kier molecular flexibility index (Phi) is 5.57. The van der Waals surface area contributed by atoms with Crippen molar-refractivity contribution in [1.82, 2.24) is 14.7 Å². The molecule has 7 nitrogen and oxygen atoms in total. The molecule has 0 unspecified atom stereocenters. The number of methoxy groups -OCH3 is 1. The first kappa shape index (κ1) is 17.0. The van der Waals surface area contributed by atoms with Gasteiger partial charge < -0.3 is 9.64 Å². The lowest BCUT2D eigenvalue weighted by atomic mass is 10.1. The number of carbonyl (C=O) groups excluding carboxylic acids is 1. The normalized spacial score (nSPS) is 20.2. The van der Waals surface area contributed by atoms with Crippen molar-refractivity contribution in [1.29, 1.82) is 0 Å². The maximum atomic E-state index is 12.6. The smallest absolute Gasteiger partial charge is 0.227 e. The zero-order valence-corrected chi connectivity index (χ0v) is 13.9. The van der Waals surface area contributed by atoms with Crippen LogP contribution in [-0.2, 0) is 32.5 Å². The summed E-state index contributed by atoms with van der Waals surface area (Å²) >= 11 is 0. The molecule has 1 fully saturated rings. The van der Waals surface area contributed by atoms with Crippen LogP contribution in [-0.4, -0.2) is 60.8 Å². The summed E-state index contributed by atoms with van der Waals surface area (Å²) in [5, 5.41) is 4.20. The van der Waals surface area contributed by atoms with Crippen LogP contribution in [0.1, 0.15) is 18.9 Å². The Hall–Kier alpha value is -1.41. The number of aromatic nitrogens is 2. The van der Waals surface area contributed by atoms with Gasteiger partial charge in [0.2, 0.25) is 5.91 Å². The minimum Gasteiger partial charge on any atom is -0.383 e. The van der Waals surface area contributed by atoms with Crippen LogP contribution in [0.3, 0.4) is 0 Å². The van der Waals surface area contributed by atoms with E-state index in [1.807, 2.05) is 13.1 Å². The molecule has 1 aliphatic rings. The van der Waals surface area contributed by atoms with Gasteiger partial charge in [0.05, 0.1) is 30.2 Å². The van der Waals surface area contributed by atoms with E-state index in [9.17, 15) is 13.2 Å². The molecule has 0 bridgehead atoms. The van der Waals surface area contributed by atoms with Gasteiger partial charge in [-0.2, -0.15) is 5.10 Å². The van der Waals surface area contributed by atoms with Crippen molar-refractivity contribution in [3.63, 3.8) is 0 Å². The Morgan fingerprint density at radius 1 is 1.55 bits per heavy atom. The largest absolute Gasteiger partial charge is 0.383 e. The van der Waals surface area contributed by atoms with E-state index < -0.39 is 15.8 Å². The van der Waals surface area contributed by atoms with E-state index >= 15 is 0 Å². The first-order valence-corrected chi connectivity index (χ1v) is 9.26. The number of hydrogen-bond acceptors (Lipinski definition) is 5. The summed E-state index contributed by atoms with van der Waals surface area (Å²) in [7, 11) is -1.48. The van der Waals surface area contributed by atoms with Gasteiger partial charge in [0, 0.05) is 38.5 Å². The molecule has 0 spiro atoms. The number of rotatable bonds is 7. The third kappa shape index (κ3) is 4.30. The summed E-state index contributed by atoms with van der Waals surface area (Å²) < 4.78 is 30.0. The fraction of sp³-hybridized carbons (Fsp3) is 0.714. The fourth-order valence-corrected chi connectivity index (χ4v) is 4.33. The SMILES string of the molecule is CCn1cc(CN(CCOC)C(=O)[C@H]2CCS(=O)(=O)C2)cn1. The molecular formula is C14H23N3O4S. The lowest BCUT2D eigenvalue weighted by Gasteiger charge is -2.24. The van der Waals surface area contributed by atoms with Crippen molar-refractivity contribution in [3.8, 4) is 0 Å². The lowest BCUT2D eigenvalue weighted by molar-refractivity contribution is -0.136. The predicted octanol–water partition coefficient (Wildman–Crippen LogP) is 0.313. The molecule has 0 aromatic carbocycles. The minimum atomic E-state index is -3.06. The Morgan fingerprint density at radius 3 is 2.86 bits per heavy atom. The van der Waals surface area contributed by atoms with Gasteiger partial charge in [0.1, 0.15) is 0 Å². The zero-order chi connectivity index (χ0) is 16.2. The molecule has 1 aliphatic heterocycles. The third-order valence-corrected chi connectivity index (χ3v) is 5.61. The van der Waals surface area contributed by atoms with E-state index in [0.717, 1.165) is 12.1 Å². The van der Waals surface area contributed by atoms with Gasteiger partial charge >= 0.3 is 0 Å². The summed E-state index contributed by atoms with van der Waals surface area (Å²) in [6.45, 7) is 4.07. The van der Waals surface area contributed by atoms with Gasteiger partial charge in [0.15, 0.2) is 9.84 Å². The van der Waals surface area contributed by atoms with Crippen LogP contribution in [0.5, 0.6) is 0 Å². The average Bonchev–Trinajstić information content (AvgIpc) is 3.08. The summed E-state index contributed by atoms with van der Waals surface area (Å²) in [6, 6.07) is 0. The van der Waals surface area contributed by atoms with E-state index in [4.69, 9.17) is 4.74 Å². The van der Waals surface area contributed by atoms with Crippen LogP contribution in [0.25, 0.3) is 0 Å². The number of nitrogens with zero attached hydrogens (tertiary/aromatic N) is 3. The van der Waals surface area contributed by atoms with Crippen molar-refractivity contribution in [2.75, 3.05) is 31.8 Å². The zero-order valence-electron chi connectivity index (χ0n) is 13.1. The number of amides is 1. The van der Waals surface area contributed by atoms with Crippen molar-refractivity contribution in [2.24, 2.45) is 5.92 Å². The van der Waals surface area contributed by atoms with Crippen LogP contribution in [0.15, 0.2) is 12.4 Å². The lowest BCUT2D eigenvalue weighted by Crippen LogP contribution is -2.38. The number of ether oxygens (including phenoxy) is 1. The molecule has 124 valence electrons. The Bertz CT molecular complexity index is 611.